The van der Waals surface area contributed by atoms with E-state index in [0.29, 0.717) is 11.8 Å². The highest BCUT2D eigenvalue weighted by Gasteiger charge is 2.23. The van der Waals surface area contributed by atoms with Crippen LogP contribution >= 0.6 is 23.8 Å². The Bertz CT molecular complexity index is 465. The van der Waals surface area contributed by atoms with Gasteiger partial charge in [-0.1, -0.05) is 31.5 Å². The average molecular weight is 297 g/mol. The molecule has 19 heavy (non-hydrogen) atoms. The van der Waals surface area contributed by atoms with Crippen molar-refractivity contribution in [2.24, 2.45) is 11.8 Å². The van der Waals surface area contributed by atoms with Crippen LogP contribution in [-0.4, -0.2) is 23.1 Å². The van der Waals surface area contributed by atoms with Gasteiger partial charge in [-0.3, -0.25) is 0 Å². The molecule has 1 heterocycles. The lowest BCUT2D eigenvalue weighted by molar-refractivity contribution is 0.216. The van der Waals surface area contributed by atoms with Crippen molar-refractivity contribution in [2.45, 2.75) is 27.2 Å². The fourth-order valence-corrected chi connectivity index (χ4v) is 3.20. The average Bonchev–Trinajstić information content (AvgIpc) is 2.33. The number of hydrogen-bond acceptors (Lipinski definition) is 1. The van der Waals surface area contributed by atoms with Crippen molar-refractivity contribution < 1.29 is 0 Å². The van der Waals surface area contributed by atoms with Crippen LogP contribution < -0.4 is 5.32 Å². The Kier molecular flexibility index (Phi) is 4.69. The smallest absolute Gasteiger partial charge is 0.173 e. The molecule has 2 atom stereocenters. The van der Waals surface area contributed by atoms with Crippen LogP contribution in [0.3, 0.4) is 0 Å². The zero-order valence-corrected chi connectivity index (χ0v) is 13.3. The number of rotatable bonds is 1. The Balaban J connectivity index is 2.06. The minimum atomic E-state index is 0.698. The Labute approximate surface area is 126 Å². The van der Waals surface area contributed by atoms with Gasteiger partial charge in [0.15, 0.2) is 5.11 Å². The SMILES string of the molecule is Cc1c(Cl)cccc1NC(=S)N1C[C@@H](C)C[C@H](C)C1. The molecule has 104 valence electrons. The van der Waals surface area contributed by atoms with Crippen LogP contribution in [0.4, 0.5) is 5.69 Å². The summed E-state index contributed by atoms with van der Waals surface area (Å²) < 4.78 is 0. The lowest BCUT2D eigenvalue weighted by atomic mass is 9.92. The second-order valence-corrected chi connectivity index (χ2v) is 6.49. The molecule has 1 aliphatic rings. The molecule has 0 unspecified atom stereocenters. The van der Waals surface area contributed by atoms with Crippen molar-refractivity contribution in [1.29, 1.82) is 0 Å². The summed E-state index contributed by atoms with van der Waals surface area (Å²) >= 11 is 11.7. The zero-order valence-electron chi connectivity index (χ0n) is 11.7. The van der Waals surface area contributed by atoms with Gasteiger partial charge in [-0.15, -0.1) is 0 Å². The minimum absolute atomic E-state index is 0.698. The summed E-state index contributed by atoms with van der Waals surface area (Å²) in [5, 5.41) is 4.92. The van der Waals surface area contributed by atoms with E-state index < -0.39 is 0 Å². The molecule has 1 aromatic carbocycles. The maximum Gasteiger partial charge on any atom is 0.173 e. The molecule has 1 saturated heterocycles. The number of nitrogens with zero attached hydrogens (tertiary/aromatic N) is 1. The van der Waals surface area contributed by atoms with Crippen LogP contribution in [-0.2, 0) is 0 Å². The summed E-state index contributed by atoms with van der Waals surface area (Å²) in [6.07, 6.45) is 1.29. The Morgan fingerprint density at radius 1 is 1.32 bits per heavy atom. The van der Waals surface area contributed by atoms with E-state index in [9.17, 15) is 0 Å². The number of piperidine rings is 1. The van der Waals surface area contributed by atoms with Crippen molar-refractivity contribution in [1.82, 2.24) is 4.90 Å². The molecule has 0 aromatic heterocycles. The van der Waals surface area contributed by atoms with Gasteiger partial charge in [0.2, 0.25) is 0 Å². The predicted molar refractivity (Wildman–Crippen MR) is 86.9 cm³/mol. The van der Waals surface area contributed by atoms with Crippen molar-refractivity contribution in [2.75, 3.05) is 18.4 Å². The van der Waals surface area contributed by atoms with Gasteiger partial charge in [-0.25, -0.2) is 0 Å². The Hall–Kier alpha value is -0.800. The molecule has 0 spiro atoms. The van der Waals surface area contributed by atoms with Crippen molar-refractivity contribution >= 4 is 34.6 Å². The van der Waals surface area contributed by atoms with Crippen LogP contribution in [0.1, 0.15) is 25.8 Å². The summed E-state index contributed by atoms with van der Waals surface area (Å²) in [5.41, 5.74) is 2.05. The van der Waals surface area contributed by atoms with Gasteiger partial charge in [-0.2, -0.15) is 0 Å². The first-order valence-electron chi connectivity index (χ1n) is 6.78. The van der Waals surface area contributed by atoms with Crippen LogP contribution in [0, 0.1) is 18.8 Å². The summed E-state index contributed by atoms with van der Waals surface area (Å²) in [5.74, 6) is 1.40. The lowest BCUT2D eigenvalue weighted by Crippen LogP contribution is -2.44. The molecule has 0 aliphatic carbocycles. The van der Waals surface area contributed by atoms with Crippen LogP contribution in [0.2, 0.25) is 5.02 Å². The molecule has 1 aromatic rings. The highest BCUT2D eigenvalue weighted by atomic mass is 35.5. The predicted octanol–water partition coefficient (Wildman–Crippen LogP) is 4.32. The number of halogens is 1. The van der Waals surface area contributed by atoms with Gasteiger partial charge >= 0.3 is 0 Å². The molecule has 1 N–H and O–H groups in total. The number of hydrogen-bond donors (Lipinski definition) is 1. The van der Waals surface area contributed by atoms with Crippen molar-refractivity contribution in [3.8, 4) is 0 Å². The van der Waals surface area contributed by atoms with Crippen molar-refractivity contribution in [3.05, 3.63) is 28.8 Å². The molecule has 4 heteroatoms. The van der Waals surface area contributed by atoms with E-state index in [2.05, 4.69) is 24.1 Å². The van der Waals surface area contributed by atoms with E-state index in [1.807, 2.05) is 25.1 Å². The number of likely N-dealkylation sites (tertiary alicyclic amines) is 1. The van der Waals surface area contributed by atoms with Crippen LogP contribution in [0.15, 0.2) is 18.2 Å². The van der Waals surface area contributed by atoms with E-state index in [-0.39, 0.29) is 0 Å². The lowest BCUT2D eigenvalue weighted by Gasteiger charge is -2.36. The highest BCUT2D eigenvalue weighted by Crippen LogP contribution is 2.25. The third-order valence-corrected chi connectivity index (χ3v) is 4.44. The highest BCUT2D eigenvalue weighted by molar-refractivity contribution is 7.80. The van der Waals surface area contributed by atoms with E-state index in [1.165, 1.54) is 6.42 Å². The van der Waals surface area contributed by atoms with Gasteiger partial charge in [0, 0.05) is 23.8 Å². The molecule has 1 aliphatic heterocycles. The first-order chi connectivity index (χ1) is 8.97. The van der Waals surface area contributed by atoms with Gasteiger partial charge in [0.1, 0.15) is 0 Å². The second kappa shape index (κ2) is 6.10. The largest absolute Gasteiger partial charge is 0.348 e. The first kappa shape index (κ1) is 14.6. The molecule has 1 fully saturated rings. The van der Waals surface area contributed by atoms with E-state index in [1.54, 1.807) is 0 Å². The molecule has 2 rings (SSSR count). The molecule has 0 bridgehead atoms. The van der Waals surface area contributed by atoms with Gasteiger partial charge in [0.05, 0.1) is 0 Å². The Morgan fingerprint density at radius 3 is 2.58 bits per heavy atom. The zero-order chi connectivity index (χ0) is 14.0. The standard InChI is InChI=1S/C15H21ClN2S/c1-10-7-11(2)9-18(8-10)15(19)17-14-6-4-5-13(16)12(14)3/h4-6,10-11H,7-9H2,1-3H3,(H,17,19)/t10-,11-/m0/s1. The third kappa shape index (κ3) is 3.61. The van der Waals surface area contributed by atoms with E-state index in [4.69, 9.17) is 23.8 Å². The summed E-state index contributed by atoms with van der Waals surface area (Å²) in [6, 6.07) is 5.86. The summed E-state index contributed by atoms with van der Waals surface area (Å²) in [6.45, 7) is 8.66. The molecular formula is C15H21ClN2S. The Morgan fingerprint density at radius 2 is 1.95 bits per heavy atom. The maximum absolute atomic E-state index is 6.13. The van der Waals surface area contributed by atoms with Gasteiger partial charge in [0.25, 0.3) is 0 Å². The number of thiocarbonyl (C=S) groups is 1. The van der Waals surface area contributed by atoms with E-state index in [0.717, 1.165) is 34.5 Å². The third-order valence-electron chi connectivity index (χ3n) is 3.67. The van der Waals surface area contributed by atoms with Crippen LogP contribution in [0.25, 0.3) is 0 Å². The number of benzene rings is 1. The molecule has 0 amide bonds. The number of anilines is 1. The molecular weight excluding hydrogens is 276 g/mol. The maximum atomic E-state index is 6.13. The second-order valence-electron chi connectivity index (χ2n) is 5.69. The van der Waals surface area contributed by atoms with Crippen LogP contribution in [0.5, 0.6) is 0 Å². The van der Waals surface area contributed by atoms with Gasteiger partial charge < -0.3 is 10.2 Å². The van der Waals surface area contributed by atoms with Gasteiger partial charge in [-0.05, 0) is 55.1 Å². The fraction of sp³-hybridized carbons (Fsp3) is 0.533. The summed E-state index contributed by atoms with van der Waals surface area (Å²) in [4.78, 5) is 2.27. The quantitative estimate of drug-likeness (QED) is 0.777. The van der Waals surface area contributed by atoms with E-state index >= 15 is 0 Å². The monoisotopic (exact) mass is 296 g/mol. The van der Waals surface area contributed by atoms with Crippen molar-refractivity contribution in [3.63, 3.8) is 0 Å². The number of nitrogens with one attached hydrogen (secondary N) is 1. The fourth-order valence-electron chi connectivity index (χ4n) is 2.77. The normalized spacial score (nSPS) is 23.3. The molecule has 0 saturated carbocycles. The minimum Gasteiger partial charge on any atom is -0.348 e. The first-order valence-corrected chi connectivity index (χ1v) is 7.57. The molecule has 2 nitrogen and oxygen atoms in total. The summed E-state index contributed by atoms with van der Waals surface area (Å²) in [7, 11) is 0. The molecule has 0 radical (unpaired) electrons. The topological polar surface area (TPSA) is 15.3 Å².